The van der Waals surface area contributed by atoms with Crippen molar-refractivity contribution in [2.24, 2.45) is 0 Å². The molecule has 30 heavy (non-hydrogen) atoms. The number of halogens is 1. The topological polar surface area (TPSA) is 54.0 Å². The third-order valence-electron chi connectivity index (χ3n) is 4.72. The molecule has 0 amide bonds. The van der Waals surface area contributed by atoms with Gasteiger partial charge in [-0.15, -0.1) is 0 Å². The lowest BCUT2D eigenvalue weighted by atomic mass is 10.1. The highest BCUT2D eigenvalue weighted by atomic mass is 19.1. The quantitative estimate of drug-likeness (QED) is 0.537. The summed E-state index contributed by atoms with van der Waals surface area (Å²) in [5.74, 6) is 1.69. The van der Waals surface area contributed by atoms with Crippen LogP contribution in [0.25, 0.3) is 6.08 Å². The lowest BCUT2D eigenvalue weighted by Gasteiger charge is -2.08. The highest BCUT2D eigenvalue weighted by molar-refractivity contribution is 6.14. The maximum atomic E-state index is 13.8. The minimum Gasteiger partial charge on any atom is -0.497 e. The highest BCUT2D eigenvalue weighted by Gasteiger charge is 2.28. The number of rotatable bonds is 6. The first kappa shape index (κ1) is 19.5. The standard InChI is InChI=1S/C24H19FO5/c1-27-17-8-7-15(21(12-17)28-2)11-23-24(26)19-10-9-18(13-22(19)30-23)29-14-16-5-3-4-6-20(16)25/h3-13H,14H2,1-2H3/b23-11-. The molecule has 0 saturated carbocycles. The van der Waals surface area contributed by atoms with E-state index in [1.54, 1.807) is 74.9 Å². The molecule has 0 radical (unpaired) electrons. The smallest absolute Gasteiger partial charge is 0.231 e. The van der Waals surface area contributed by atoms with E-state index in [1.165, 1.54) is 6.07 Å². The molecule has 0 N–H and O–H groups in total. The van der Waals surface area contributed by atoms with Crippen LogP contribution in [0.15, 0.2) is 66.4 Å². The summed E-state index contributed by atoms with van der Waals surface area (Å²) < 4.78 is 35.8. The van der Waals surface area contributed by atoms with E-state index in [9.17, 15) is 9.18 Å². The van der Waals surface area contributed by atoms with Crippen LogP contribution in [0, 0.1) is 5.82 Å². The van der Waals surface area contributed by atoms with Gasteiger partial charge in [0.25, 0.3) is 0 Å². The predicted octanol–water partition coefficient (Wildman–Crippen LogP) is 5.04. The number of allylic oxidation sites excluding steroid dienone is 1. The molecule has 1 aliphatic rings. The second kappa shape index (κ2) is 8.29. The Kier molecular flexibility index (Phi) is 5.39. The minimum atomic E-state index is -0.330. The van der Waals surface area contributed by atoms with Crippen molar-refractivity contribution in [3.8, 4) is 23.0 Å². The molecule has 0 aliphatic carbocycles. The first-order chi connectivity index (χ1) is 14.6. The molecule has 0 atom stereocenters. The van der Waals surface area contributed by atoms with Crippen LogP contribution in [0.5, 0.6) is 23.0 Å². The summed E-state index contributed by atoms with van der Waals surface area (Å²) in [5, 5.41) is 0. The van der Waals surface area contributed by atoms with Crippen molar-refractivity contribution < 1.29 is 28.1 Å². The summed E-state index contributed by atoms with van der Waals surface area (Å²) in [6.45, 7) is 0.0746. The fourth-order valence-electron chi connectivity index (χ4n) is 3.11. The first-order valence-electron chi connectivity index (χ1n) is 9.25. The summed E-state index contributed by atoms with van der Waals surface area (Å²) in [5.41, 5.74) is 1.57. The largest absolute Gasteiger partial charge is 0.497 e. The van der Waals surface area contributed by atoms with Gasteiger partial charge in [-0.05, 0) is 36.4 Å². The van der Waals surface area contributed by atoms with Crippen molar-refractivity contribution >= 4 is 11.9 Å². The average Bonchev–Trinajstić information content (AvgIpc) is 3.08. The molecular weight excluding hydrogens is 387 g/mol. The molecule has 152 valence electrons. The normalized spacial score (nSPS) is 13.7. The third-order valence-corrected chi connectivity index (χ3v) is 4.72. The number of Topliss-reactive ketones (excluding diaryl/α,β-unsaturated/α-hetero) is 1. The third kappa shape index (κ3) is 3.85. The molecule has 0 unspecified atom stereocenters. The van der Waals surface area contributed by atoms with Crippen LogP contribution >= 0.6 is 0 Å². The van der Waals surface area contributed by atoms with Gasteiger partial charge in [0.2, 0.25) is 5.78 Å². The SMILES string of the molecule is COc1ccc(/C=C2\Oc3cc(OCc4ccccc4F)ccc3C2=O)c(OC)c1. The van der Waals surface area contributed by atoms with Crippen LogP contribution in [-0.4, -0.2) is 20.0 Å². The van der Waals surface area contributed by atoms with Crippen molar-refractivity contribution in [2.75, 3.05) is 14.2 Å². The van der Waals surface area contributed by atoms with E-state index in [1.807, 2.05) is 0 Å². The van der Waals surface area contributed by atoms with Gasteiger partial charge >= 0.3 is 0 Å². The number of methoxy groups -OCH3 is 2. The number of carbonyl (C=O) groups excluding carboxylic acids is 1. The Morgan fingerprint density at radius 3 is 2.53 bits per heavy atom. The summed E-state index contributed by atoms with van der Waals surface area (Å²) in [6.07, 6.45) is 1.63. The summed E-state index contributed by atoms with van der Waals surface area (Å²) in [4.78, 5) is 12.7. The highest BCUT2D eigenvalue weighted by Crippen LogP contribution is 2.36. The van der Waals surface area contributed by atoms with E-state index >= 15 is 0 Å². The number of hydrogen-bond donors (Lipinski definition) is 0. The van der Waals surface area contributed by atoms with Crippen molar-refractivity contribution in [1.82, 2.24) is 0 Å². The van der Waals surface area contributed by atoms with Crippen LogP contribution in [0.2, 0.25) is 0 Å². The van der Waals surface area contributed by atoms with Gasteiger partial charge in [0, 0.05) is 23.3 Å². The summed E-state index contributed by atoms with van der Waals surface area (Å²) >= 11 is 0. The van der Waals surface area contributed by atoms with Gasteiger partial charge in [0.15, 0.2) is 5.76 Å². The Balaban J connectivity index is 1.54. The Morgan fingerprint density at radius 1 is 0.967 bits per heavy atom. The van der Waals surface area contributed by atoms with Crippen LogP contribution in [0.3, 0.4) is 0 Å². The number of benzene rings is 3. The van der Waals surface area contributed by atoms with Crippen molar-refractivity contribution in [3.05, 3.63) is 88.9 Å². The van der Waals surface area contributed by atoms with Crippen LogP contribution in [0.4, 0.5) is 4.39 Å². The van der Waals surface area contributed by atoms with Crippen LogP contribution in [0.1, 0.15) is 21.5 Å². The maximum Gasteiger partial charge on any atom is 0.231 e. The van der Waals surface area contributed by atoms with E-state index in [4.69, 9.17) is 18.9 Å². The molecule has 4 rings (SSSR count). The van der Waals surface area contributed by atoms with E-state index in [0.29, 0.717) is 39.7 Å². The number of ketones is 1. The number of ether oxygens (including phenoxy) is 4. The van der Waals surface area contributed by atoms with E-state index in [0.717, 1.165) is 0 Å². The van der Waals surface area contributed by atoms with E-state index in [-0.39, 0.29) is 24.0 Å². The fraction of sp³-hybridized carbons (Fsp3) is 0.125. The van der Waals surface area contributed by atoms with Gasteiger partial charge < -0.3 is 18.9 Å². The Bertz CT molecular complexity index is 1140. The molecule has 5 nitrogen and oxygen atoms in total. The molecule has 3 aromatic carbocycles. The fourth-order valence-corrected chi connectivity index (χ4v) is 3.11. The molecule has 6 heteroatoms. The zero-order chi connectivity index (χ0) is 21.1. The molecule has 0 aromatic heterocycles. The molecular formula is C24H19FO5. The van der Waals surface area contributed by atoms with Gasteiger partial charge in [-0.2, -0.15) is 0 Å². The molecule has 0 bridgehead atoms. The molecule has 3 aromatic rings. The number of carbonyl (C=O) groups is 1. The van der Waals surface area contributed by atoms with Gasteiger partial charge in [0.1, 0.15) is 35.4 Å². The Morgan fingerprint density at radius 2 is 1.77 bits per heavy atom. The number of fused-ring (bicyclic) bond motifs is 1. The van der Waals surface area contributed by atoms with Crippen molar-refractivity contribution in [1.29, 1.82) is 0 Å². The average molecular weight is 406 g/mol. The van der Waals surface area contributed by atoms with Gasteiger partial charge in [0.05, 0.1) is 19.8 Å². The second-order valence-electron chi connectivity index (χ2n) is 6.59. The van der Waals surface area contributed by atoms with Gasteiger partial charge in [-0.1, -0.05) is 18.2 Å². The molecule has 1 aliphatic heterocycles. The zero-order valence-electron chi connectivity index (χ0n) is 16.5. The molecule has 1 heterocycles. The van der Waals surface area contributed by atoms with Crippen LogP contribution in [-0.2, 0) is 6.61 Å². The first-order valence-corrected chi connectivity index (χ1v) is 9.25. The van der Waals surface area contributed by atoms with Gasteiger partial charge in [-0.3, -0.25) is 4.79 Å². The lowest BCUT2D eigenvalue weighted by Crippen LogP contribution is -1.99. The minimum absolute atomic E-state index is 0.0746. The maximum absolute atomic E-state index is 13.8. The van der Waals surface area contributed by atoms with E-state index < -0.39 is 0 Å². The van der Waals surface area contributed by atoms with Crippen LogP contribution < -0.4 is 18.9 Å². The lowest BCUT2D eigenvalue weighted by molar-refractivity contribution is 0.101. The van der Waals surface area contributed by atoms with E-state index in [2.05, 4.69) is 0 Å². The van der Waals surface area contributed by atoms with Gasteiger partial charge in [-0.25, -0.2) is 4.39 Å². The predicted molar refractivity (Wildman–Crippen MR) is 110 cm³/mol. The van der Waals surface area contributed by atoms with Crippen molar-refractivity contribution in [3.63, 3.8) is 0 Å². The van der Waals surface area contributed by atoms with Crippen molar-refractivity contribution in [2.45, 2.75) is 6.61 Å². The Labute approximate surface area is 173 Å². The molecule has 0 saturated heterocycles. The number of hydrogen-bond acceptors (Lipinski definition) is 5. The second-order valence-corrected chi connectivity index (χ2v) is 6.59. The summed E-state index contributed by atoms with van der Waals surface area (Å²) in [6, 6.07) is 16.6. The molecule has 0 spiro atoms. The molecule has 0 fully saturated rings. The zero-order valence-corrected chi connectivity index (χ0v) is 16.5. The summed E-state index contributed by atoms with van der Waals surface area (Å²) in [7, 11) is 3.11. The Hall–Kier alpha value is -3.80. The monoisotopic (exact) mass is 406 g/mol.